The summed E-state index contributed by atoms with van der Waals surface area (Å²) in [4.78, 5) is 37.6. The van der Waals surface area contributed by atoms with E-state index in [1.54, 1.807) is 24.3 Å². The van der Waals surface area contributed by atoms with Crippen molar-refractivity contribution in [3.63, 3.8) is 0 Å². The molecular formula is C15H18N2O5. The number of anilines is 1. The molecule has 22 heavy (non-hydrogen) atoms. The predicted octanol–water partition coefficient (Wildman–Crippen LogP) is 1.08. The van der Waals surface area contributed by atoms with E-state index in [9.17, 15) is 19.5 Å². The lowest BCUT2D eigenvalue weighted by Crippen LogP contribution is -2.47. The Morgan fingerprint density at radius 1 is 1.36 bits per heavy atom. The van der Waals surface area contributed by atoms with Crippen molar-refractivity contribution in [1.29, 1.82) is 0 Å². The van der Waals surface area contributed by atoms with Gasteiger partial charge in [0.1, 0.15) is 18.5 Å². The first kappa shape index (κ1) is 15.8. The summed E-state index contributed by atoms with van der Waals surface area (Å²) in [6, 6.07) is 5.90. The molecule has 2 rings (SSSR count). The molecule has 118 valence electrons. The van der Waals surface area contributed by atoms with Crippen LogP contribution in [0.1, 0.15) is 19.8 Å². The van der Waals surface area contributed by atoms with Crippen molar-refractivity contribution in [1.82, 2.24) is 4.90 Å². The summed E-state index contributed by atoms with van der Waals surface area (Å²) in [5.41, 5.74) is 0.581. The molecule has 7 nitrogen and oxygen atoms in total. The van der Waals surface area contributed by atoms with E-state index in [4.69, 9.17) is 4.74 Å². The normalized spacial score (nSPS) is 17.5. The zero-order chi connectivity index (χ0) is 16.3. The number of hydrogen-bond donors (Lipinski definition) is 1. The van der Waals surface area contributed by atoms with Gasteiger partial charge in [-0.3, -0.25) is 14.5 Å². The first-order valence-electron chi connectivity index (χ1n) is 6.88. The van der Waals surface area contributed by atoms with Gasteiger partial charge in [0, 0.05) is 19.0 Å². The van der Waals surface area contributed by atoms with Crippen LogP contribution in [-0.4, -0.2) is 47.6 Å². The Hall–Kier alpha value is -2.57. The van der Waals surface area contributed by atoms with Gasteiger partial charge in [-0.05, 0) is 30.7 Å². The molecule has 1 aromatic carbocycles. The fourth-order valence-corrected chi connectivity index (χ4v) is 2.45. The summed E-state index contributed by atoms with van der Waals surface area (Å²) < 4.78 is 5.06. The number of carbonyl (C=O) groups is 3. The number of carboxylic acids is 1. The lowest BCUT2D eigenvalue weighted by molar-refractivity contribution is -0.146. The van der Waals surface area contributed by atoms with Gasteiger partial charge in [0.25, 0.3) is 0 Å². The molecular weight excluding hydrogens is 288 g/mol. The number of nitrogens with zero attached hydrogens (tertiary/aromatic N) is 2. The van der Waals surface area contributed by atoms with E-state index in [1.807, 2.05) is 0 Å². The molecule has 0 bridgehead atoms. The zero-order valence-corrected chi connectivity index (χ0v) is 12.5. The summed E-state index contributed by atoms with van der Waals surface area (Å²) in [6.07, 6.45) is 0.452. The average molecular weight is 306 g/mol. The molecule has 0 aromatic heterocycles. The highest BCUT2D eigenvalue weighted by molar-refractivity contribution is 5.93. The van der Waals surface area contributed by atoms with Crippen LogP contribution in [0.5, 0.6) is 5.75 Å². The van der Waals surface area contributed by atoms with E-state index in [2.05, 4.69) is 0 Å². The summed E-state index contributed by atoms with van der Waals surface area (Å²) in [5, 5.41) is 9.18. The van der Waals surface area contributed by atoms with Crippen LogP contribution >= 0.6 is 0 Å². The third-order valence-electron chi connectivity index (χ3n) is 3.67. The number of amides is 2. The maximum Gasteiger partial charge on any atom is 0.326 e. The van der Waals surface area contributed by atoms with Crippen molar-refractivity contribution >= 4 is 23.5 Å². The Balaban J connectivity index is 2.22. The van der Waals surface area contributed by atoms with Crippen molar-refractivity contribution in [2.75, 3.05) is 18.7 Å². The molecule has 1 fully saturated rings. The topological polar surface area (TPSA) is 87.2 Å². The molecule has 1 N–H and O–H groups in total. The Morgan fingerprint density at radius 3 is 2.50 bits per heavy atom. The van der Waals surface area contributed by atoms with Gasteiger partial charge >= 0.3 is 5.97 Å². The van der Waals surface area contributed by atoms with Crippen molar-refractivity contribution < 1.29 is 24.2 Å². The lowest BCUT2D eigenvalue weighted by atomic mass is 10.2. The molecule has 0 radical (unpaired) electrons. The maximum absolute atomic E-state index is 11.9. The van der Waals surface area contributed by atoms with Crippen LogP contribution in [0, 0.1) is 0 Å². The van der Waals surface area contributed by atoms with E-state index >= 15 is 0 Å². The van der Waals surface area contributed by atoms with Gasteiger partial charge in [-0.2, -0.15) is 0 Å². The van der Waals surface area contributed by atoms with Gasteiger partial charge in [0.15, 0.2) is 0 Å². The van der Waals surface area contributed by atoms with Gasteiger partial charge in [0.05, 0.1) is 7.11 Å². The molecule has 2 amide bonds. The smallest absolute Gasteiger partial charge is 0.326 e. The first-order chi connectivity index (χ1) is 10.4. The van der Waals surface area contributed by atoms with Crippen LogP contribution in [0.25, 0.3) is 0 Å². The number of carboxylic acid groups (broad SMARTS) is 1. The molecule has 0 unspecified atom stereocenters. The van der Waals surface area contributed by atoms with Crippen LogP contribution in [0.15, 0.2) is 24.3 Å². The molecule has 0 spiro atoms. The van der Waals surface area contributed by atoms with E-state index < -0.39 is 12.0 Å². The first-order valence-corrected chi connectivity index (χ1v) is 6.88. The second-order valence-corrected chi connectivity index (χ2v) is 5.04. The third-order valence-corrected chi connectivity index (χ3v) is 3.67. The van der Waals surface area contributed by atoms with Gasteiger partial charge in [-0.1, -0.05) is 0 Å². The molecule has 7 heteroatoms. The monoisotopic (exact) mass is 306 g/mol. The highest BCUT2D eigenvalue weighted by Crippen LogP contribution is 2.24. The van der Waals surface area contributed by atoms with Gasteiger partial charge in [-0.15, -0.1) is 0 Å². The number of benzene rings is 1. The Kier molecular flexibility index (Phi) is 4.65. The molecule has 0 saturated carbocycles. The standard InChI is InChI=1S/C15H18N2O5/c1-10(18)16(11-3-5-12(22-2)6-4-11)9-17-13(15(20)21)7-8-14(17)19/h3-6,13H,7-9H2,1-2H3,(H,20,21)/t13-/m1/s1. The molecule has 1 atom stereocenters. The molecule has 1 aliphatic rings. The number of carbonyl (C=O) groups excluding carboxylic acids is 2. The maximum atomic E-state index is 11.9. The molecule has 1 heterocycles. The molecule has 1 aliphatic heterocycles. The van der Waals surface area contributed by atoms with E-state index in [0.717, 1.165) is 0 Å². The minimum absolute atomic E-state index is 0.0720. The minimum Gasteiger partial charge on any atom is -0.497 e. The summed E-state index contributed by atoms with van der Waals surface area (Å²) in [6.45, 7) is 1.30. The molecule has 0 aliphatic carbocycles. The minimum atomic E-state index is -1.05. The van der Waals surface area contributed by atoms with Crippen molar-refractivity contribution in [2.45, 2.75) is 25.8 Å². The predicted molar refractivity (Wildman–Crippen MR) is 78.5 cm³/mol. The Morgan fingerprint density at radius 2 is 2.00 bits per heavy atom. The number of likely N-dealkylation sites (tertiary alicyclic amines) is 1. The average Bonchev–Trinajstić information content (AvgIpc) is 2.86. The highest BCUT2D eigenvalue weighted by atomic mass is 16.5. The largest absolute Gasteiger partial charge is 0.497 e. The number of hydrogen-bond acceptors (Lipinski definition) is 4. The van der Waals surface area contributed by atoms with Crippen LogP contribution in [0.4, 0.5) is 5.69 Å². The van der Waals surface area contributed by atoms with Crippen molar-refractivity contribution in [3.8, 4) is 5.75 Å². The van der Waals surface area contributed by atoms with Crippen molar-refractivity contribution in [2.24, 2.45) is 0 Å². The van der Waals surface area contributed by atoms with E-state index in [-0.39, 0.29) is 31.3 Å². The fourth-order valence-electron chi connectivity index (χ4n) is 2.45. The van der Waals surface area contributed by atoms with Gasteiger partial charge in [0.2, 0.25) is 11.8 Å². The summed E-state index contributed by atoms with van der Waals surface area (Å²) >= 11 is 0. The van der Waals surface area contributed by atoms with Crippen LogP contribution in [0.3, 0.4) is 0 Å². The lowest BCUT2D eigenvalue weighted by Gasteiger charge is -2.29. The van der Waals surface area contributed by atoms with Crippen LogP contribution < -0.4 is 9.64 Å². The summed E-state index contributed by atoms with van der Waals surface area (Å²) in [5.74, 6) is -0.932. The van der Waals surface area contributed by atoms with Crippen LogP contribution in [0.2, 0.25) is 0 Å². The number of methoxy groups -OCH3 is 1. The number of ether oxygens (including phenoxy) is 1. The summed E-state index contributed by atoms with van der Waals surface area (Å²) in [7, 11) is 1.54. The Labute approximate surface area is 128 Å². The second kappa shape index (κ2) is 6.46. The van der Waals surface area contributed by atoms with Gasteiger partial charge in [-0.25, -0.2) is 4.79 Å². The Bertz CT molecular complexity index is 584. The van der Waals surface area contributed by atoms with E-state index in [1.165, 1.54) is 23.8 Å². The number of rotatable bonds is 5. The fraction of sp³-hybridized carbons (Fsp3) is 0.400. The third kappa shape index (κ3) is 3.19. The van der Waals surface area contributed by atoms with Crippen molar-refractivity contribution in [3.05, 3.63) is 24.3 Å². The quantitative estimate of drug-likeness (QED) is 0.879. The molecule has 1 aromatic rings. The van der Waals surface area contributed by atoms with Gasteiger partial charge < -0.3 is 14.7 Å². The van der Waals surface area contributed by atoms with E-state index in [0.29, 0.717) is 11.4 Å². The van der Waals surface area contributed by atoms with Crippen LogP contribution in [-0.2, 0) is 14.4 Å². The highest BCUT2D eigenvalue weighted by Gasteiger charge is 2.37. The zero-order valence-electron chi connectivity index (χ0n) is 12.5. The SMILES string of the molecule is COc1ccc(N(CN2C(=O)CC[C@@H]2C(=O)O)C(C)=O)cc1. The number of aliphatic carboxylic acids is 1. The second-order valence-electron chi connectivity index (χ2n) is 5.04. The molecule has 1 saturated heterocycles.